The van der Waals surface area contributed by atoms with Gasteiger partial charge in [0.15, 0.2) is 12.6 Å². The van der Waals surface area contributed by atoms with Crippen molar-refractivity contribution in [2.75, 3.05) is 39.6 Å². The highest BCUT2D eigenvalue weighted by Gasteiger charge is 2.48. The van der Waals surface area contributed by atoms with Crippen molar-refractivity contribution in [1.29, 1.82) is 0 Å². The molecule has 2 heterocycles. The third-order valence-corrected chi connectivity index (χ3v) is 10.8. The molecule has 0 amide bonds. The predicted octanol–water partition coefficient (Wildman–Crippen LogP) is 8.74. The van der Waals surface area contributed by atoms with Gasteiger partial charge in [0.1, 0.15) is 24.7 Å². The first-order chi connectivity index (χ1) is 25.6. The minimum atomic E-state index is -0.602. The number of ether oxygens (including phenoxy) is 6. The fraction of sp³-hybridized carbons (Fsp3) is 0.696. The van der Waals surface area contributed by atoms with Crippen molar-refractivity contribution < 1.29 is 48.2 Å². The van der Waals surface area contributed by atoms with Crippen molar-refractivity contribution in [2.24, 2.45) is 16.2 Å². The molecule has 0 aromatic heterocycles. The molecule has 10 nitrogen and oxygen atoms in total. The van der Waals surface area contributed by atoms with Gasteiger partial charge in [-0.1, -0.05) is 114 Å². The summed E-state index contributed by atoms with van der Waals surface area (Å²) in [5.74, 6) is 0.0220. The Morgan fingerprint density at radius 2 is 0.911 bits per heavy atom. The van der Waals surface area contributed by atoms with Crippen LogP contribution in [0.4, 0.5) is 0 Å². The highest BCUT2D eigenvalue weighted by Crippen LogP contribution is 2.41. The molecule has 2 aromatic rings. The van der Waals surface area contributed by atoms with Crippen LogP contribution in [0.3, 0.4) is 0 Å². The van der Waals surface area contributed by atoms with Crippen molar-refractivity contribution in [3.05, 3.63) is 57.6 Å². The molecule has 0 unspecified atom stereocenters. The molecule has 2 N–H and O–H groups in total. The zero-order chi connectivity index (χ0) is 42.1. The maximum absolute atomic E-state index is 12.9. The van der Waals surface area contributed by atoms with Gasteiger partial charge in [-0.2, -0.15) is 0 Å². The topological polar surface area (TPSA) is 130 Å². The SMILES string of the molecule is Cc1cc(CCC(=O)OCC(C)(C)C2OCC3(CO2)COC(C(C)(C)COC(=O)CCc2cc(C(C)(C)C)c(O)c(C(C)(C)C)c2)OC3)cc(C(C)(C)C)c1O. The third kappa shape index (κ3) is 11.5. The van der Waals surface area contributed by atoms with Gasteiger partial charge in [0.25, 0.3) is 0 Å². The van der Waals surface area contributed by atoms with E-state index in [4.69, 9.17) is 28.4 Å². The number of carbonyl (C=O) groups excluding carboxylic acids is 2. The van der Waals surface area contributed by atoms with Crippen LogP contribution in [0.15, 0.2) is 24.3 Å². The Morgan fingerprint density at radius 3 is 1.25 bits per heavy atom. The lowest BCUT2D eigenvalue weighted by Gasteiger charge is -2.48. The standard InChI is InChI=1S/C46H70O10/c1-29-19-30(20-32(37(29)49)41(2,3)4)15-17-35(47)51-23-44(11,12)39-53-25-46(26-54-39)27-55-40(56-28-46)45(13,14)24-52-36(48)18-16-31-21-33(42(5,6)7)38(50)34(22-31)43(8,9)10/h19-22,39-40,49-50H,15-18,23-28H2,1-14H3. The van der Waals surface area contributed by atoms with Crippen LogP contribution in [0, 0.1) is 23.2 Å². The minimum absolute atomic E-state index is 0.133. The van der Waals surface area contributed by atoms with Crippen LogP contribution in [0.1, 0.15) is 136 Å². The van der Waals surface area contributed by atoms with E-state index in [9.17, 15) is 19.8 Å². The number of phenolic OH excluding ortho intramolecular Hbond substituents is 2. The second-order valence-electron chi connectivity index (χ2n) is 20.8. The fourth-order valence-electron chi connectivity index (χ4n) is 7.12. The Labute approximate surface area is 335 Å². The number of hydrogen-bond donors (Lipinski definition) is 2. The molecule has 0 saturated carbocycles. The molecule has 0 atom stereocenters. The number of carbonyl (C=O) groups is 2. The number of phenols is 2. The number of benzene rings is 2. The lowest BCUT2D eigenvalue weighted by molar-refractivity contribution is -0.337. The first-order valence-electron chi connectivity index (χ1n) is 20.1. The summed E-state index contributed by atoms with van der Waals surface area (Å²) in [4.78, 5) is 25.7. The number of rotatable bonds is 12. The van der Waals surface area contributed by atoms with E-state index >= 15 is 0 Å². The van der Waals surface area contributed by atoms with Crippen LogP contribution in [-0.4, -0.2) is 74.4 Å². The summed E-state index contributed by atoms with van der Waals surface area (Å²) < 4.78 is 36.3. The first-order valence-corrected chi connectivity index (χ1v) is 20.1. The molecule has 4 rings (SSSR count). The Morgan fingerprint density at radius 1 is 0.589 bits per heavy atom. The molecule has 314 valence electrons. The van der Waals surface area contributed by atoms with E-state index in [0.29, 0.717) is 50.8 Å². The van der Waals surface area contributed by atoms with Crippen molar-refractivity contribution >= 4 is 11.9 Å². The molecule has 56 heavy (non-hydrogen) atoms. The van der Waals surface area contributed by atoms with Gasteiger partial charge in [-0.15, -0.1) is 0 Å². The normalized spacial score (nSPS) is 21.2. The molecule has 0 aliphatic carbocycles. The Kier molecular flexibility index (Phi) is 13.8. The molecule has 2 saturated heterocycles. The number of aryl methyl sites for hydroxylation is 3. The highest BCUT2D eigenvalue weighted by molar-refractivity contribution is 5.70. The van der Waals surface area contributed by atoms with Crippen LogP contribution in [-0.2, 0) is 67.1 Å². The van der Waals surface area contributed by atoms with E-state index in [1.54, 1.807) is 0 Å². The number of hydrogen-bond acceptors (Lipinski definition) is 10. The lowest BCUT2D eigenvalue weighted by Crippen LogP contribution is -2.57. The van der Waals surface area contributed by atoms with Crippen molar-refractivity contribution in [2.45, 2.75) is 151 Å². The van der Waals surface area contributed by atoms with Gasteiger partial charge < -0.3 is 38.6 Å². The van der Waals surface area contributed by atoms with Crippen LogP contribution in [0.25, 0.3) is 0 Å². The number of esters is 2. The van der Waals surface area contributed by atoms with Crippen LogP contribution in [0.2, 0.25) is 0 Å². The van der Waals surface area contributed by atoms with Gasteiger partial charge in [-0.3, -0.25) is 9.59 Å². The van der Waals surface area contributed by atoms with Crippen molar-refractivity contribution in [3.8, 4) is 11.5 Å². The largest absolute Gasteiger partial charge is 0.507 e. The van der Waals surface area contributed by atoms with Gasteiger partial charge in [-0.25, -0.2) is 0 Å². The quantitative estimate of drug-likeness (QED) is 0.202. The summed E-state index contributed by atoms with van der Waals surface area (Å²) in [6.07, 6.45) is 0.297. The first kappa shape index (κ1) is 45.5. The smallest absolute Gasteiger partial charge is 0.306 e. The Bertz CT molecular complexity index is 1650. The average Bonchev–Trinajstić information content (AvgIpc) is 3.08. The van der Waals surface area contributed by atoms with E-state index in [1.807, 2.05) is 58.9 Å². The molecular weight excluding hydrogens is 712 g/mol. The molecule has 0 radical (unpaired) electrons. The summed E-state index contributed by atoms with van der Waals surface area (Å²) in [6, 6.07) is 7.90. The maximum atomic E-state index is 12.9. The summed E-state index contributed by atoms with van der Waals surface area (Å²) in [6.45, 7) is 30.0. The van der Waals surface area contributed by atoms with Crippen molar-refractivity contribution in [3.63, 3.8) is 0 Å². The highest BCUT2D eigenvalue weighted by atomic mass is 16.7. The molecule has 1 spiro atoms. The van der Waals surface area contributed by atoms with Crippen LogP contribution < -0.4 is 0 Å². The molecule has 2 aromatic carbocycles. The van der Waals surface area contributed by atoms with Crippen LogP contribution in [0.5, 0.6) is 11.5 Å². The fourth-order valence-corrected chi connectivity index (χ4v) is 7.12. The Hall–Kier alpha value is -3.18. The molecular formula is C46H70O10. The van der Waals surface area contributed by atoms with E-state index in [-0.39, 0.29) is 54.2 Å². The second kappa shape index (κ2) is 17.0. The minimum Gasteiger partial charge on any atom is -0.507 e. The molecule has 2 fully saturated rings. The summed E-state index contributed by atoms with van der Waals surface area (Å²) >= 11 is 0. The van der Waals surface area contributed by atoms with Gasteiger partial charge >= 0.3 is 11.9 Å². The third-order valence-electron chi connectivity index (χ3n) is 10.8. The summed E-state index contributed by atoms with van der Waals surface area (Å²) in [7, 11) is 0. The molecule has 2 aliphatic rings. The van der Waals surface area contributed by atoms with E-state index < -0.39 is 28.8 Å². The monoisotopic (exact) mass is 782 g/mol. The zero-order valence-electron chi connectivity index (χ0n) is 36.7. The van der Waals surface area contributed by atoms with E-state index in [1.165, 1.54) is 0 Å². The average molecular weight is 783 g/mol. The molecule has 10 heteroatoms. The van der Waals surface area contributed by atoms with Gasteiger partial charge in [0, 0.05) is 23.7 Å². The summed E-state index contributed by atoms with van der Waals surface area (Å²) in [5, 5.41) is 21.6. The van der Waals surface area contributed by atoms with E-state index in [0.717, 1.165) is 33.4 Å². The number of aromatic hydroxyl groups is 2. The maximum Gasteiger partial charge on any atom is 0.306 e. The van der Waals surface area contributed by atoms with Crippen molar-refractivity contribution in [1.82, 2.24) is 0 Å². The van der Waals surface area contributed by atoms with Crippen LogP contribution >= 0.6 is 0 Å². The predicted molar refractivity (Wildman–Crippen MR) is 217 cm³/mol. The zero-order valence-corrected chi connectivity index (χ0v) is 36.7. The van der Waals surface area contributed by atoms with Gasteiger partial charge in [-0.05, 0) is 69.4 Å². The van der Waals surface area contributed by atoms with Gasteiger partial charge in [0.05, 0.1) is 31.8 Å². The molecule has 2 aliphatic heterocycles. The molecule has 0 bridgehead atoms. The lowest BCUT2D eigenvalue weighted by atomic mass is 9.78. The Balaban J connectivity index is 1.21. The summed E-state index contributed by atoms with van der Waals surface area (Å²) in [5.41, 5.74) is 2.99. The second-order valence-corrected chi connectivity index (χ2v) is 20.8. The van der Waals surface area contributed by atoms with Gasteiger partial charge in [0.2, 0.25) is 0 Å². The van der Waals surface area contributed by atoms with E-state index in [2.05, 4.69) is 62.3 Å².